The molecule has 0 atom stereocenters. The number of amides is 3. The molecule has 0 aliphatic carbocycles. The molecule has 45 heavy (non-hydrogen) atoms. The Balaban J connectivity index is 0.000000257. The Morgan fingerprint density at radius 2 is 1.13 bits per heavy atom. The maximum atomic E-state index is 12.3. The van der Waals surface area contributed by atoms with Crippen molar-refractivity contribution in [2.75, 3.05) is 26.2 Å². The van der Waals surface area contributed by atoms with Crippen LogP contribution in [0, 0.1) is 11.8 Å². The third-order valence-corrected chi connectivity index (χ3v) is 9.59. The second-order valence-electron chi connectivity index (χ2n) is 12.2. The predicted octanol–water partition coefficient (Wildman–Crippen LogP) is 2.91. The third-order valence-electron chi connectivity index (χ3n) is 7.14. The van der Waals surface area contributed by atoms with Gasteiger partial charge in [0, 0.05) is 24.9 Å². The van der Waals surface area contributed by atoms with Crippen molar-refractivity contribution in [3.05, 3.63) is 71.8 Å². The van der Waals surface area contributed by atoms with Crippen molar-refractivity contribution in [1.82, 2.24) is 19.7 Å². The van der Waals surface area contributed by atoms with Crippen molar-refractivity contribution < 1.29 is 36.0 Å². The first kappa shape index (κ1) is 36.0. The van der Waals surface area contributed by atoms with Crippen LogP contribution in [0.1, 0.15) is 57.6 Å². The summed E-state index contributed by atoms with van der Waals surface area (Å²) in [5.41, 5.74) is 0.720. The zero-order valence-electron chi connectivity index (χ0n) is 26.0. The summed E-state index contributed by atoms with van der Waals surface area (Å²) >= 11 is 0. The van der Waals surface area contributed by atoms with Gasteiger partial charge in [-0.3, -0.25) is 19.0 Å². The van der Waals surface area contributed by atoms with Gasteiger partial charge in [0.15, 0.2) is 0 Å². The van der Waals surface area contributed by atoms with Crippen LogP contribution in [0.3, 0.4) is 0 Å². The van der Waals surface area contributed by atoms with Crippen LogP contribution in [0.25, 0.3) is 0 Å². The van der Waals surface area contributed by atoms with E-state index in [1.807, 2.05) is 6.07 Å². The molecule has 12 nitrogen and oxygen atoms in total. The molecule has 4 rings (SSSR count). The number of carbonyl (C=O) groups excluding carboxylic acids is 3. The fourth-order valence-electron chi connectivity index (χ4n) is 4.87. The first-order valence-electron chi connectivity index (χ1n) is 15.0. The molecular weight excluding hydrogens is 620 g/mol. The summed E-state index contributed by atoms with van der Waals surface area (Å²) in [6, 6.07) is 17.5. The van der Waals surface area contributed by atoms with Gasteiger partial charge in [0.05, 0.1) is 11.5 Å². The van der Waals surface area contributed by atoms with Gasteiger partial charge in [0.2, 0.25) is 31.9 Å². The number of sulfonamides is 2. The van der Waals surface area contributed by atoms with Crippen LogP contribution in [-0.2, 0) is 45.9 Å². The molecule has 0 saturated carbocycles. The van der Waals surface area contributed by atoms with E-state index in [1.165, 1.54) is 0 Å². The van der Waals surface area contributed by atoms with E-state index in [4.69, 9.17) is 4.74 Å². The lowest BCUT2D eigenvalue weighted by atomic mass is 9.97. The van der Waals surface area contributed by atoms with E-state index in [2.05, 4.69) is 14.8 Å². The fraction of sp³-hybridized carbons (Fsp3) is 0.516. The first-order valence-corrected chi connectivity index (χ1v) is 18.3. The Morgan fingerprint density at radius 3 is 1.53 bits per heavy atom. The number of hydrogen-bond acceptors (Lipinski definition) is 9. The monoisotopic (exact) mass is 664 g/mol. The minimum absolute atomic E-state index is 0.162. The Labute approximate surface area is 266 Å². The number of nitrogens with zero attached hydrogens (tertiary/aromatic N) is 1. The molecule has 0 aromatic heterocycles. The lowest BCUT2D eigenvalue weighted by Crippen LogP contribution is -2.45. The van der Waals surface area contributed by atoms with Gasteiger partial charge in [-0.15, -0.1) is 0 Å². The Kier molecular flexibility index (Phi) is 12.9. The minimum Gasteiger partial charge on any atom is -0.444 e. The molecule has 0 unspecified atom stereocenters. The Hall–Kier alpha value is -3.49. The van der Waals surface area contributed by atoms with Crippen LogP contribution in [0.2, 0.25) is 0 Å². The van der Waals surface area contributed by atoms with Crippen LogP contribution in [-0.4, -0.2) is 71.4 Å². The standard InChI is InChI=1S/C18H26N2O5S.C13H18N2O3S/c1-18(2,3)25-17(22)20-11-9-15(10-12-20)16(21)19-26(23,24)13-14-7-5-4-6-8-14;16-13(12-6-8-14-9-7-12)15-19(17,18)10-11-4-2-1-3-5-11/h4-8,15H,9-13H2,1-3H3,(H,19,21);1-5,12,14H,6-10H2,(H,15,16). The minimum atomic E-state index is -3.74. The summed E-state index contributed by atoms with van der Waals surface area (Å²) in [6.45, 7) is 7.64. The number of ether oxygens (including phenoxy) is 1. The van der Waals surface area contributed by atoms with Crippen LogP contribution in [0.15, 0.2) is 60.7 Å². The molecule has 0 radical (unpaired) electrons. The number of piperidine rings is 2. The zero-order valence-corrected chi connectivity index (χ0v) is 27.7. The molecule has 2 fully saturated rings. The Morgan fingerprint density at radius 1 is 0.733 bits per heavy atom. The van der Waals surface area contributed by atoms with Crippen molar-refractivity contribution in [1.29, 1.82) is 0 Å². The van der Waals surface area contributed by atoms with Gasteiger partial charge in [-0.25, -0.2) is 21.6 Å². The average Bonchev–Trinajstić information content (AvgIpc) is 2.97. The van der Waals surface area contributed by atoms with E-state index >= 15 is 0 Å². The molecule has 2 aromatic rings. The van der Waals surface area contributed by atoms with Crippen molar-refractivity contribution in [2.24, 2.45) is 11.8 Å². The normalized spacial score (nSPS) is 16.6. The number of benzene rings is 2. The van der Waals surface area contributed by atoms with E-state index in [0.29, 0.717) is 49.9 Å². The van der Waals surface area contributed by atoms with Crippen LogP contribution in [0.4, 0.5) is 4.79 Å². The summed E-state index contributed by atoms with van der Waals surface area (Å²) in [5.74, 6) is -1.92. The molecule has 0 spiro atoms. The van der Waals surface area contributed by atoms with Gasteiger partial charge in [0.25, 0.3) is 0 Å². The highest BCUT2D eigenvalue weighted by Gasteiger charge is 2.31. The molecule has 2 heterocycles. The van der Waals surface area contributed by atoms with Gasteiger partial charge in [-0.05, 0) is 70.7 Å². The van der Waals surface area contributed by atoms with Crippen LogP contribution >= 0.6 is 0 Å². The average molecular weight is 665 g/mol. The maximum Gasteiger partial charge on any atom is 0.410 e. The predicted molar refractivity (Wildman–Crippen MR) is 171 cm³/mol. The smallest absolute Gasteiger partial charge is 0.410 e. The summed E-state index contributed by atoms with van der Waals surface area (Å²) in [6.07, 6.45) is 1.78. The second-order valence-corrected chi connectivity index (χ2v) is 15.6. The molecule has 3 N–H and O–H groups in total. The largest absolute Gasteiger partial charge is 0.444 e. The van der Waals surface area contributed by atoms with E-state index in [-0.39, 0.29) is 23.3 Å². The van der Waals surface area contributed by atoms with Crippen molar-refractivity contribution >= 4 is 38.0 Å². The first-order chi connectivity index (χ1) is 21.1. The quantitative estimate of drug-likeness (QED) is 0.384. The van der Waals surface area contributed by atoms with Gasteiger partial charge in [-0.2, -0.15) is 0 Å². The fourth-order valence-corrected chi connectivity index (χ4v) is 7.22. The highest BCUT2D eigenvalue weighted by Crippen LogP contribution is 2.20. The van der Waals surface area contributed by atoms with E-state index in [1.54, 1.807) is 80.3 Å². The van der Waals surface area contributed by atoms with E-state index in [0.717, 1.165) is 13.1 Å². The lowest BCUT2D eigenvalue weighted by molar-refractivity contribution is -0.125. The lowest BCUT2D eigenvalue weighted by Gasteiger charge is -2.32. The molecule has 3 amide bonds. The number of rotatable bonds is 8. The van der Waals surface area contributed by atoms with E-state index < -0.39 is 43.6 Å². The number of hydrogen-bond donors (Lipinski definition) is 3. The van der Waals surface area contributed by atoms with E-state index in [9.17, 15) is 31.2 Å². The number of carbonyl (C=O) groups is 3. The molecular formula is C31H44N4O8S2. The summed E-state index contributed by atoms with van der Waals surface area (Å²) in [7, 11) is -7.34. The molecule has 2 saturated heterocycles. The van der Waals surface area contributed by atoms with Crippen LogP contribution in [0.5, 0.6) is 0 Å². The second kappa shape index (κ2) is 16.2. The summed E-state index contributed by atoms with van der Waals surface area (Å²) in [5, 5.41) is 3.14. The van der Waals surface area contributed by atoms with Crippen molar-refractivity contribution in [3.63, 3.8) is 0 Å². The molecule has 2 aliphatic heterocycles. The van der Waals surface area contributed by atoms with Gasteiger partial charge in [-0.1, -0.05) is 60.7 Å². The third kappa shape index (κ3) is 13.2. The highest BCUT2D eigenvalue weighted by atomic mass is 32.2. The zero-order chi connectivity index (χ0) is 33.1. The molecule has 2 aliphatic rings. The van der Waals surface area contributed by atoms with Gasteiger partial charge >= 0.3 is 6.09 Å². The molecule has 2 aromatic carbocycles. The number of likely N-dealkylation sites (tertiary alicyclic amines) is 1. The van der Waals surface area contributed by atoms with Crippen molar-refractivity contribution in [3.8, 4) is 0 Å². The molecule has 14 heteroatoms. The van der Waals surface area contributed by atoms with Gasteiger partial charge in [0.1, 0.15) is 5.60 Å². The van der Waals surface area contributed by atoms with Gasteiger partial charge < -0.3 is 15.0 Å². The molecule has 0 bridgehead atoms. The summed E-state index contributed by atoms with van der Waals surface area (Å²) < 4.78 is 57.8. The Bertz CT molecular complexity index is 1480. The molecule has 248 valence electrons. The summed E-state index contributed by atoms with van der Waals surface area (Å²) in [4.78, 5) is 37.7. The van der Waals surface area contributed by atoms with Crippen LogP contribution < -0.4 is 14.8 Å². The topological polar surface area (TPSA) is 168 Å². The highest BCUT2D eigenvalue weighted by molar-refractivity contribution is 7.89. The van der Waals surface area contributed by atoms with Crippen molar-refractivity contribution in [2.45, 2.75) is 63.6 Å². The maximum absolute atomic E-state index is 12.3. The number of nitrogens with one attached hydrogen (secondary N) is 3. The SMILES string of the molecule is CC(C)(C)OC(=O)N1CCC(C(=O)NS(=O)(=O)Cc2ccccc2)CC1.O=C(NS(=O)(=O)Cc1ccccc1)C1CCNCC1.